The summed E-state index contributed by atoms with van der Waals surface area (Å²) in [7, 11) is 0. The number of hydrogen-bond donors (Lipinski definition) is 2. The molecule has 0 aliphatic rings. The monoisotopic (exact) mass is 401 g/mol. The summed E-state index contributed by atoms with van der Waals surface area (Å²) in [6.45, 7) is 5.02. The van der Waals surface area contributed by atoms with Crippen molar-refractivity contribution in [3.05, 3.63) is 88.7 Å². The summed E-state index contributed by atoms with van der Waals surface area (Å²) < 4.78 is 40.4. The van der Waals surface area contributed by atoms with Gasteiger partial charge in [-0.05, 0) is 55.3 Å². The van der Waals surface area contributed by atoms with Gasteiger partial charge < -0.3 is 15.2 Å². The second-order valence-corrected chi connectivity index (χ2v) is 6.94. The Morgan fingerprint density at radius 3 is 2.59 bits per heavy atom. The molecule has 3 rings (SSSR count). The first kappa shape index (κ1) is 20.5. The van der Waals surface area contributed by atoms with Gasteiger partial charge in [0, 0.05) is 24.1 Å². The number of rotatable bonds is 5. The number of aryl methyl sites for hydroxylation is 2. The predicted molar refractivity (Wildman–Crippen MR) is 107 cm³/mol. The van der Waals surface area contributed by atoms with E-state index in [9.17, 15) is 18.0 Å². The number of urea groups is 1. The van der Waals surface area contributed by atoms with Crippen LogP contribution in [0.1, 0.15) is 27.9 Å². The van der Waals surface area contributed by atoms with Crippen molar-refractivity contribution in [1.29, 1.82) is 0 Å². The molecule has 2 N–H and O–H groups in total. The zero-order valence-electron chi connectivity index (χ0n) is 16.2. The third kappa shape index (κ3) is 5.40. The quantitative estimate of drug-likeness (QED) is 0.583. The fourth-order valence-corrected chi connectivity index (χ4v) is 3.04. The molecule has 152 valence electrons. The smallest absolute Gasteiger partial charge is 0.345 e. The van der Waals surface area contributed by atoms with Crippen molar-refractivity contribution in [2.45, 2.75) is 33.1 Å². The van der Waals surface area contributed by atoms with Gasteiger partial charge in [0.2, 0.25) is 0 Å². The number of carbonyl (C=O) groups is 1. The zero-order chi connectivity index (χ0) is 21.0. The summed E-state index contributed by atoms with van der Waals surface area (Å²) in [5.41, 5.74) is 3.73. The maximum Gasteiger partial charge on any atom is 0.416 e. The van der Waals surface area contributed by atoms with Crippen LogP contribution in [0.4, 0.5) is 23.7 Å². The first-order valence-electron chi connectivity index (χ1n) is 9.14. The van der Waals surface area contributed by atoms with Crippen molar-refractivity contribution >= 4 is 11.7 Å². The van der Waals surface area contributed by atoms with Gasteiger partial charge in [-0.1, -0.05) is 29.8 Å². The van der Waals surface area contributed by atoms with Gasteiger partial charge in [0.05, 0.1) is 12.1 Å². The molecule has 0 fully saturated rings. The van der Waals surface area contributed by atoms with E-state index in [1.165, 1.54) is 28.8 Å². The van der Waals surface area contributed by atoms with Gasteiger partial charge >= 0.3 is 12.2 Å². The van der Waals surface area contributed by atoms with Gasteiger partial charge in [-0.15, -0.1) is 0 Å². The summed E-state index contributed by atoms with van der Waals surface area (Å²) in [5, 5.41) is 5.14. The summed E-state index contributed by atoms with van der Waals surface area (Å²) in [5.74, 6) is 0. The van der Waals surface area contributed by atoms with Crippen LogP contribution in [-0.4, -0.2) is 10.6 Å². The minimum atomic E-state index is -4.46. The van der Waals surface area contributed by atoms with Crippen LogP contribution in [0.3, 0.4) is 0 Å². The molecule has 0 atom stereocenters. The van der Waals surface area contributed by atoms with Crippen molar-refractivity contribution in [1.82, 2.24) is 9.88 Å². The van der Waals surface area contributed by atoms with Gasteiger partial charge in [0.25, 0.3) is 0 Å². The second-order valence-electron chi connectivity index (χ2n) is 6.94. The van der Waals surface area contributed by atoms with E-state index in [2.05, 4.69) is 35.8 Å². The highest BCUT2D eigenvalue weighted by molar-refractivity contribution is 5.89. The average Bonchev–Trinajstić information content (AvgIpc) is 3.10. The van der Waals surface area contributed by atoms with Crippen LogP contribution in [0.5, 0.6) is 0 Å². The van der Waals surface area contributed by atoms with Crippen LogP contribution in [-0.2, 0) is 19.3 Å². The predicted octanol–water partition coefficient (Wildman–Crippen LogP) is 5.49. The highest BCUT2D eigenvalue weighted by Crippen LogP contribution is 2.30. The van der Waals surface area contributed by atoms with Crippen LogP contribution in [0.25, 0.3) is 0 Å². The number of aromatic nitrogens is 1. The number of carbonyl (C=O) groups excluding carboxylic acids is 1. The Labute approximate surface area is 167 Å². The molecule has 7 heteroatoms. The minimum Gasteiger partial charge on any atom is -0.345 e. The zero-order valence-corrected chi connectivity index (χ0v) is 16.2. The molecule has 0 radical (unpaired) electrons. The molecule has 4 nitrogen and oxygen atoms in total. The average molecular weight is 401 g/mol. The van der Waals surface area contributed by atoms with E-state index >= 15 is 0 Å². The molecule has 0 spiro atoms. The first-order chi connectivity index (χ1) is 13.7. The second kappa shape index (κ2) is 8.43. The molecule has 0 aliphatic heterocycles. The number of alkyl halides is 3. The molecule has 1 aromatic heterocycles. The summed E-state index contributed by atoms with van der Waals surface area (Å²) in [6.07, 6.45) is -2.52. The number of benzene rings is 2. The van der Waals surface area contributed by atoms with E-state index in [0.29, 0.717) is 6.54 Å². The molecule has 0 saturated heterocycles. The fraction of sp³-hybridized carbons (Fsp3) is 0.227. The molecule has 0 aliphatic carbocycles. The molecule has 0 saturated carbocycles. The lowest BCUT2D eigenvalue weighted by Gasteiger charge is -2.14. The maximum absolute atomic E-state index is 12.8. The standard InChI is InChI=1S/C22H22F3N3O/c1-15-8-9-16(2)17(11-15)14-28-10-4-7-20(28)13-26-21(29)27-19-6-3-5-18(12-19)22(23,24)25/h3-12H,13-14H2,1-2H3,(H2,26,27,29). The molecule has 3 aromatic rings. The molecule has 0 bridgehead atoms. The third-order valence-electron chi connectivity index (χ3n) is 4.65. The Balaban J connectivity index is 1.62. The molecule has 29 heavy (non-hydrogen) atoms. The van der Waals surface area contributed by atoms with Gasteiger partial charge in [-0.25, -0.2) is 4.79 Å². The molecule has 2 amide bonds. The Morgan fingerprint density at radius 2 is 1.83 bits per heavy atom. The number of nitrogens with zero attached hydrogens (tertiary/aromatic N) is 1. The van der Waals surface area contributed by atoms with Gasteiger partial charge in [0.15, 0.2) is 0 Å². The van der Waals surface area contributed by atoms with E-state index in [1.54, 1.807) is 0 Å². The Morgan fingerprint density at radius 1 is 1.03 bits per heavy atom. The lowest BCUT2D eigenvalue weighted by Crippen LogP contribution is -2.29. The Kier molecular flexibility index (Phi) is 5.96. The Bertz CT molecular complexity index is 1010. The number of halogens is 3. The molecule has 0 unspecified atom stereocenters. The van der Waals surface area contributed by atoms with Crippen molar-refractivity contribution in [2.24, 2.45) is 0 Å². The van der Waals surface area contributed by atoms with E-state index in [1.807, 2.05) is 29.8 Å². The van der Waals surface area contributed by atoms with E-state index in [4.69, 9.17) is 0 Å². The molecular weight excluding hydrogens is 379 g/mol. The largest absolute Gasteiger partial charge is 0.416 e. The highest BCUT2D eigenvalue weighted by Gasteiger charge is 2.30. The van der Waals surface area contributed by atoms with Crippen molar-refractivity contribution in [3.8, 4) is 0 Å². The number of hydrogen-bond acceptors (Lipinski definition) is 1. The van der Waals surface area contributed by atoms with E-state index in [0.717, 1.165) is 17.8 Å². The number of amides is 2. The van der Waals surface area contributed by atoms with Gasteiger partial charge in [-0.2, -0.15) is 13.2 Å². The Hall–Kier alpha value is -3.22. The van der Waals surface area contributed by atoms with E-state index < -0.39 is 17.8 Å². The first-order valence-corrected chi connectivity index (χ1v) is 9.14. The van der Waals surface area contributed by atoms with Crippen LogP contribution < -0.4 is 10.6 Å². The molecule has 1 heterocycles. The minimum absolute atomic E-state index is 0.0862. The summed E-state index contributed by atoms with van der Waals surface area (Å²) in [6, 6.07) is 14.0. The van der Waals surface area contributed by atoms with Gasteiger partial charge in [0.1, 0.15) is 0 Å². The van der Waals surface area contributed by atoms with Crippen LogP contribution in [0, 0.1) is 13.8 Å². The summed E-state index contributed by atoms with van der Waals surface area (Å²) in [4.78, 5) is 12.1. The maximum atomic E-state index is 12.8. The molecule has 2 aromatic carbocycles. The van der Waals surface area contributed by atoms with Crippen LogP contribution in [0.15, 0.2) is 60.8 Å². The van der Waals surface area contributed by atoms with Crippen molar-refractivity contribution in [2.75, 3.05) is 5.32 Å². The van der Waals surface area contributed by atoms with E-state index in [-0.39, 0.29) is 12.2 Å². The lowest BCUT2D eigenvalue weighted by molar-refractivity contribution is -0.137. The van der Waals surface area contributed by atoms with Crippen molar-refractivity contribution < 1.29 is 18.0 Å². The SMILES string of the molecule is Cc1ccc(C)c(Cn2cccc2CNC(=O)Nc2cccc(C(F)(F)F)c2)c1. The fourth-order valence-electron chi connectivity index (χ4n) is 3.04. The van der Waals surface area contributed by atoms with Crippen molar-refractivity contribution in [3.63, 3.8) is 0 Å². The normalized spacial score (nSPS) is 11.3. The van der Waals surface area contributed by atoms with Crippen LogP contribution >= 0.6 is 0 Å². The highest BCUT2D eigenvalue weighted by atomic mass is 19.4. The lowest BCUT2D eigenvalue weighted by atomic mass is 10.1. The third-order valence-corrected chi connectivity index (χ3v) is 4.65. The summed E-state index contributed by atoms with van der Waals surface area (Å²) >= 11 is 0. The molecular formula is C22H22F3N3O. The van der Waals surface area contributed by atoms with Gasteiger partial charge in [-0.3, -0.25) is 0 Å². The number of anilines is 1. The number of nitrogens with one attached hydrogen (secondary N) is 2. The van der Waals surface area contributed by atoms with Crippen LogP contribution in [0.2, 0.25) is 0 Å². The topological polar surface area (TPSA) is 46.1 Å².